The second kappa shape index (κ2) is 6.69. The molecule has 1 amide bonds. The normalized spacial score (nSPS) is 22.1. The van der Waals surface area contributed by atoms with E-state index in [2.05, 4.69) is 11.0 Å². The molecule has 0 saturated carbocycles. The molecular weight excluding hydrogens is 336 g/mol. The predicted octanol–water partition coefficient (Wildman–Crippen LogP) is 2.20. The Balaban J connectivity index is 1.71. The fraction of sp³-hybridized carbons (Fsp3) is 0.562. The highest BCUT2D eigenvalue weighted by molar-refractivity contribution is 8.13. The molecular formula is C16H21ClN2O3S. The van der Waals surface area contributed by atoms with Gasteiger partial charge in [-0.3, -0.25) is 4.79 Å². The van der Waals surface area contributed by atoms with E-state index in [0.29, 0.717) is 13.1 Å². The fourth-order valence-electron chi connectivity index (χ4n) is 3.52. The molecule has 1 aromatic rings. The van der Waals surface area contributed by atoms with Gasteiger partial charge in [0.05, 0.1) is 5.75 Å². The van der Waals surface area contributed by atoms with Crippen LogP contribution in [0, 0.1) is 5.92 Å². The predicted molar refractivity (Wildman–Crippen MR) is 91.1 cm³/mol. The van der Waals surface area contributed by atoms with Gasteiger partial charge in [-0.25, -0.2) is 8.42 Å². The molecule has 2 fully saturated rings. The summed E-state index contributed by atoms with van der Waals surface area (Å²) in [6, 6.07) is 8.15. The quantitative estimate of drug-likeness (QED) is 0.759. The van der Waals surface area contributed by atoms with Crippen LogP contribution >= 0.6 is 10.7 Å². The van der Waals surface area contributed by atoms with Crippen molar-refractivity contribution in [2.75, 3.05) is 30.3 Å². The molecule has 2 aliphatic rings. The van der Waals surface area contributed by atoms with Crippen molar-refractivity contribution in [1.82, 2.24) is 4.90 Å². The molecule has 0 aromatic heterocycles. The fourth-order valence-corrected chi connectivity index (χ4v) is 4.84. The van der Waals surface area contributed by atoms with Crippen molar-refractivity contribution in [1.29, 1.82) is 0 Å². The van der Waals surface area contributed by atoms with Gasteiger partial charge < -0.3 is 9.80 Å². The van der Waals surface area contributed by atoms with Crippen LogP contribution in [0.3, 0.4) is 0 Å². The highest BCUT2D eigenvalue weighted by atomic mass is 35.7. The zero-order valence-electron chi connectivity index (χ0n) is 12.9. The first-order chi connectivity index (χ1) is 10.9. The Bertz CT molecular complexity index is 686. The molecule has 2 aliphatic heterocycles. The lowest BCUT2D eigenvalue weighted by atomic mass is 10.1. The van der Waals surface area contributed by atoms with Crippen LogP contribution in [0.25, 0.3) is 0 Å². The van der Waals surface area contributed by atoms with Crippen LogP contribution in [0.4, 0.5) is 5.69 Å². The van der Waals surface area contributed by atoms with Gasteiger partial charge in [-0.05, 0) is 24.5 Å². The molecule has 5 nitrogen and oxygen atoms in total. The number of amides is 1. The van der Waals surface area contributed by atoms with Gasteiger partial charge in [0.15, 0.2) is 0 Å². The van der Waals surface area contributed by atoms with Gasteiger partial charge in [-0.2, -0.15) is 0 Å². The highest BCUT2D eigenvalue weighted by Gasteiger charge is 2.32. The van der Waals surface area contributed by atoms with Gasteiger partial charge >= 0.3 is 0 Å². The van der Waals surface area contributed by atoms with Crippen LogP contribution in [0.5, 0.6) is 0 Å². The molecule has 0 aliphatic carbocycles. The Morgan fingerprint density at radius 1 is 1.17 bits per heavy atom. The number of hydrogen-bond acceptors (Lipinski definition) is 4. The third-order valence-electron chi connectivity index (χ3n) is 4.53. The van der Waals surface area contributed by atoms with Gasteiger partial charge in [0.1, 0.15) is 0 Å². The van der Waals surface area contributed by atoms with Crippen molar-refractivity contribution in [3.8, 4) is 0 Å². The maximum atomic E-state index is 12.2. The first-order valence-electron chi connectivity index (χ1n) is 7.95. The lowest BCUT2D eigenvalue weighted by molar-refractivity contribution is -0.128. The molecule has 0 N–H and O–H groups in total. The van der Waals surface area contributed by atoms with Crippen LogP contribution in [0.1, 0.15) is 24.8 Å². The van der Waals surface area contributed by atoms with Crippen LogP contribution in [0.15, 0.2) is 24.3 Å². The number of carbonyl (C=O) groups is 1. The monoisotopic (exact) mass is 356 g/mol. The van der Waals surface area contributed by atoms with Gasteiger partial charge in [0.25, 0.3) is 0 Å². The van der Waals surface area contributed by atoms with Crippen molar-refractivity contribution in [2.24, 2.45) is 5.92 Å². The van der Waals surface area contributed by atoms with E-state index in [1.54, 1.807) is 4.90 Å². The maximum absolute atomic E-state index is 12.2. The third-order valence-corrected chi connectivity index (χ3v) is 5.78. The second-order valence-electron chi connectivity index (χ2n) is 6.37. The van der Waals surface area contributed by atoms with Crippen LogP contribution in [0.2, 0.25) is 0 Å². The summed E-state index contributed by atoms with van der Waals surface area (Å²) in [5.74, 6) is -0.333. The summed E-state index contributed by atoms with van der Waals surface area (Å²) in [5.41, 5.74) is 2.31. The molecule has 7 heteroatoms. The molecule has 0 spiro atoms. The van der Waals surface area contributed by atoms with Crippen LogP contribution in [-0.2, 0) is 20.4 Å². The van der Waals surface area contributed by atoms with Crippen molar-refractivity contribution in [3.63, 3.8) is 0 Å². The number of likely N-dealkylation sites (tertiary alicyclic amines) is 1. The first kappa shape index (κ1) is 16.6. The van der Waals surface area contributed by atoms with E-state index in [0.717, 1.165) is 18.7 Å². The number of rotatable bonds is 5. The Labute approximate surface area is 141 Å². The molecule has 1 atom stereocenters. The third kappa shape index (κ3) is 4.18. The summed E-state index contributed by atoms with van der Waals surface area (Å²) in [6.45, 7) is 3.10. The Morgan fingerprint density at radius 3 is 2.57 bits per heavy atom. The molecule has 0 radical (unpaired) electrons. The van der Waals surface area contributed by atoms with Gasteiger partial charge in [-0.1, -0.05) is 18.2 Å². The van der Waals surface area contributed by atoms with Crippen molar-refractivity contribution in [2.45, 2.75) is 25.8 Å². The minimum atomic E-state index is -3.56. The van der Waals surface area contributed by atoms with E-state index in [-0.39, 0.29) is 24.0 Å². The second-order valence-corrected chi connectivity index (χ2v) is 9.19. The van der Waals surface area contributed by atoms with E-state index in [9.17, 15) is 13.2 Å². The van der Waals surface area contributed by atoms with E-state index >= 15 is 0 Å². The number of benzene rings is 1. The van der Waals surface area contributed by atoms with Gasteiger partial charge in [0.2, 0.25) is 15.0 Å². The van der Waals surface area contributed by atoms with Crippen molar-refractivity contribution < 1.29 is 13.2 Å². The summed E-state index contributed by atoms with van der Waals surface area (Å²) in [6.07, 6.45) is 2.66. The van der Waals surface area contributed by atoms with Crippen molar-refractivity contribution >= 4 is 31.3 Å². The molecule has 2 heterocycles. The number of carbonyl (C=O) groups excluding carboxylic acids is 1. The average Bonchev–Trinajstić information content (AvgIpc) is 3.09. The number of anilines is 1. The zero-order valence-corrected chi connectivity index (χ0v) is 14.5. The number of nitrogens with zero attached hydrogens (tertiary/aromatic N) is 2. The number of para-hydroxylation sites is 1. The lowest BCUT2D eigenvalue weighted by Crippen LogP contribution is -2.27. The Kier molecular flexibility index (Phi) is 4.82. The standard InChI is InChI=1S/C16H21ClN2O3S/c17-23(21,22)12-13-9-16(20)19(10-13)11-14-5-1-2-6-15(14)18-7-3-4-8-18/h1-2,5-6,13H,3-4,7-12H2. The Morgan fingerprint density at radius 2 is 1.87 bits per heavy atom. The molecule has 23 heavy (non-hydrogen) atoms. The highest BCUT2D eigenvalue weighted by Crippen LogP contribution is 2.28. The average molecular weight is 357 g/mol. The van der Waals surface area contributed by atoms with Crippen LogP contribution < -0.4 is 4.90 Å². The molecule has 126 valence electrons. The first-order valence-corrected chi connectivity index (χ1v) is 10.4. The largest absolute Gasteiger partial charge is 0.371 e. The molecule has 2 saturated heterocycles. The maximum Gasteiger partial charge on any atom is 0.232 e. The van der Waals surface area contributed by atoms with Gasteiger partial charge in [0, 0.05) is 54.9 Å². The topological polar surface area (TPSA) is 57.7 Å². The zero-order chi connectivity index (χ0) is 16.4. The number of hydrogen-bond donors (Lipinski definition) is 0. The smallest absolute Gasteiger partial charge is 0.232 e. The lowest BCUT2D eigenvalue weighted by Gasteiger charge is -2.24. The minimum absolute atomic E-state index is 0.00606. The minimum Gasteiger partial charge on any atom is -0.371 e. The van der Waals surface area contributed by atoms with Crippen molar-refractivity contribution in [3.05, 3.63) is 29.8 Å². The van der Waals surface area contributed by atoms with E-state index in [4.69, 9.17) is 10.7 Å². The van der Waals surface area contributed by atoms with E-state index in [1.165, 1.54) is 18.5 Å². The SMILES string of the molecule is O=C1CC(CS(=O)(=O)Cl)CN1Cc1ccccc1N1CCCC1. The molecule has 1 unspecified atom stereocenters. The summed E-state index contributed by atoms with van der Waals surface area (Å²) < 4.78 is 22.4. The van der Waals surface area contributed by atoms with E-state index in [1.807, 2.05) is 18.2 Å². The van der Waals surface area contributed by atoms with Crippen LogP contribution in [-0.4, -0.2) is 44.6 Å². The summed E-state index contributed by atoms with van der Waals surface area (Å²) in [7, 11) is 1.75. The molecule has 3 rings (SSSR count). The van der Waals surface area contributed by atoms with E-state index < -0.39 is 9.05 Å². The summed E-state index contributed by atoms with van der Waals surface area (Å²) in [4.78, 5) is 16.3. The molecule has 0 bridgehead atoms. The molecule has 1 aromatic carbocycles. The Hall–Kier alpha value is -1.27. The summed E-state index contributed by atoms with van der Waals surface area (Å²) >= 11 is 0. The number of halogens is 1. The van der Waals surface area contributed by atoms with Gasteiger partial charge in [-0.15, -0.1) is 0 Å². The summed E-state index contributed by atoms with van der Waals surface area (Å²) in [5, 5.41) is 0.